The van der Waals surface area contributed by atoms with Crippen molar-refractivity contribution < 1.29 is 47.4 Å². The molecule has 0 aliphatic heterocycles. The Labute approximate surface area is 344 Å². The second-order valence-corrected chi connectivity index (χ2v) is 14.1. The second-order valence-electron chi connectivity index (χ2n) is 12.0. The number of carboxylic acid groups (broad SMARTS) is 2. The Morgan fingerprint density at radius 3 is 1.17 bits per heavy atom. The first kappa shape index (κ1) is 42.2. The summed E-state index contributed by atoms with van der Waals surface area (Å²) in [6, 6.07) is 34.0. The van der Waals surface area contributed by atoms with Crippen molar-refractivity contribution in [2.75, 3.05) is 0 Å². The molecule has 0 spiro atoms. The van der Waals surface area contributed by atoms with E-state index in [4.69, 9.17) is 15.5 Å². The zero-order valence-corrected chi connectivity index (χ0v) is 32.1. The van der Waals surface area contributed by atoms with Crippen LogP contribution in [0.15, 0.2) is 184 Å². The van der Waals surface area contributed by atoms with Gasteiger partial charge < -0.3 is 10.2 Å². The highest BCUT2D eigenvalue weighted by atomic mass is 32.2. The van der Waals surface area contributed by atoms with Gasteiger partial charge in [0.2, 0.25) is 0 Å². The van der Waals surface area contributed by atoms with Crippen LogP contribution in [0.4, 0.5) is 45.5 Å². The minimum Gasteiger partial charge on any atom is -0.478 e. The van der Waals surface area contributed by atoms with Crippen LogP contribution in [0.3, 0.4) is 0 Å². The number of carboxylic acids is 2. The first-order chi connectivity index (χ1) is 28.9. The van der Waals surface area contributed by atoms with Crippen molar-refractivity contribution in [2.45, 2.75) is 9.79 Å². The van der Waals surface area contributed by atoms with Gasteiger partial charge in [0.05, 0.1) is 68.7 Å². The van der Waals surface area contributed by atoms with E-state index in [-0.39, 0.29) is 22.4 Å². The highest BCUT2D eigenvalue weighted by Gasteiger charge is 2.16. The number of azo groups is 4. The molecule has 0 unspecified atom stereocenters. The fourth-order valence-electron chi connectivity index (χ4n) is 4.95. The van der Waals surface area contributed by atoms with Gasteiger partial charge in [-0.2, -0.15) is 49.3 Å². The smallest absolute Gasteiger partial charge is 0.335 e. The van der Waals surface area contributed by atoms with E-state index in [9.17, 15) is 22.6 Å². The topological polar surface area (TPSA) is 267 Å². The van der Waals surface area contributed by atoms with Crippen molar-refractivity contribution in [1.29, 1.82) is 0 Å². The molecule has 0 heterocycles. The Morgan fingerprint density at radius 1 is 0.483 bits per heavy atom. The van der Waals surface area contributed by atoms with Gasteiger partial charge in [-0.15, -0.1) is 4.33 Å². The highest BCUT2D eigenvalue weighted by molar-refractivity contribution is 7.94. The Bertz CT molecular complexity index is 2760. The van der Waals surface area contributed by atoms with Gasteiger partial charge in [0.1, 0.15) is 4.90 Å². The van der Waals surface area contributed by atoms with Crippen LogP contribution < -0.4 is 0 Å². The molecule has 18 nitrogen and oxygen atoms in total. The SMILES string of the molecule is O=C(O)c1ccc(N=Nc2ccc(N=Nc3ccc(C=Cc4ccc(N=Nc5ccc(N=Nc6ccc(C(=O)O)cc6)cc5)cc4S(=O)(=O)O)c(SOOO)c3)cc2)cc1. The summed E-state index contributed by atoms with van der Waals surface area (Å²) in [7, 11) is -4.72. The van der Waals surface area contributed by atoms with E-state index in [0.29, 0.717) is 62.3 Å². The lowest BCUT2D eigenvalue weighted by Gasteiger charge is -2.06. The van der Waals surface area contributed by atoms with Gasteiger partial charge in [-0.3, -0.25) is 4.55 Å². The molecule has 0 aliphatic rings. The number of hydrogen-bond donors (Lipinski definition) is 4. The first-order valence-corrected chi connectivity index (χ1v) is 19.2. The maximum Gasteiger partial charge on any atom is 0.335 e. The third-order valence-electron chi connectivity index (χ3n) is 7.92. The summed E-state index contributed by atoms with van der Waals surface area (Å²) >= 11 is 0.645. The van der Waals surface area contributed by atoms with Crippen LogP contribution >= 0.6 is 12.0 Å². The van der Waals surface area contributed by atoms with Crippen LogP contribution in [0.5, 0.6) is 0 Å². The predicted octanol–water partition coefficient (Wildman–Crippen LogP) is 12.6. The maximum absolute atomic E-state index is 12.4. The Morgan fingerprint density at radius 2 is 0.800 bits per heavy atom. The molecule has 60 heavy (non-hydrogen) atoms. The van der Waals surface area contributed by atoms with Gasteiger partial charge >= 0.3 is 11.9 Å². The lowest BCUT2D eigenvalue weighted by molar-refractivity contribution is -0.432. The van der Waals surface area contributed by atoms with Gasteiger partial charge in [0, 0.05) is 4.90 Å². The molecule has 0 fully saturated rings. The van der Waals surface area contributed by atoms with Crippen LogP contribution in [0.25, 0.3) is 12.2 Å². The third-order valence-corrected chi connectivity index (χ3v) is 9.49. The molecule has 0 radical (unpaired) electrons. The molecule has 6 aromatic carbocycles. The monoisotopic (exact) mass is 844 g/mol. The zero-order valence-electron chi connectivity index (χ0n) is 30.5. The molecule has 0 amide bonds. The fraction of sp³-hybridized carbons (Fsp3) is 0. The van der Waals surface area contributed by atoms with Crippen LogP contribution in [-0.4, -0.2) is 40.4 Å². The number of carbonyl (C=O) groups is 2. The van der Waals surface area contributed by atoms with Crippen LogP contribution in [0, 0.1) is 0 Å². The van der Waals surface area contributed by atoms with Crippen molar-refractivity contribution in [1.82, 2.24) is 0 Å². The predicted molar refractivity (Wildman–Crippen MR) is 219 cm³/mol. The van der Waals surface area contributed by atoms with Crippen molar-refractivity contribution in [2.24, 2.45) is 40.9 Å². The molecular formula is C40H28N8O10S2. The molecule has 0 bridgehead atoms. The van der Waals surface area contributed by atoms with E-state index >= 15 is 0 Å². The van der Waals surface area contributed by atoms with Gasteiger partial charge in [0.15, 0.2) is 0 Å². The average molecular weight is 845 g/mol. The number of hydrogen-bond acceptors (Lipinski definition) is 16. The van der Waals surface area contributed by atoms with Crippen LogP contribution in [0.2, 0.25) is 0 Å². The first-order valence-electron chi connectivity index (χ1n) is 17.1. The lowest BCUT2D eigenvalue weighted by Crippen LogP contribution is -2.00. The van der Waals surface area contributed by atoms with Crippen molar-refractivity contribution in [3.05, 3.63) is 156 Å². The lowest BCUT2D eigenvalue weighted by atomic mass is 10.1. The van der Waals surface area contributed by atoms with Gasteiger partial charge in [0.25, 0.3) is 10.1 Å². The Kier molecular flexibility index (Phi) is 13.9. The van der Waals surface area contributed by atoms with E-state index in [1.165, 1.54) is 54.6 Å². The molecule has 0 atom stereocenters. The molecule has 0 aromatic heterocycles. The quantitative estimate of drug-likeness (QED) is 0.0178. The number of benzene rings is 6. The summed E-state index contributed by atoms with van der Waals surface area (Å²) < 4.78 is 39.5. The summed E-state index contributed by atoms with van der Waals surface area (Å²) in [6.45, 7) is 0. The largest absolute Gasteiger partial charge is 0.478 e. The van der Waals surface area contributed by atoms with E-state index in [0.717, 1.165) is 6.07 Å². The van der Waals surface area contributed by atoms with Gasteiger partial charge in [-0.05, 0) is 132 Å². The standard InChI is InChI=1S/C40H28N8O10S2/c49-39(50)27-5-9-29(10-6-27)41-43-31-15-19-33(20-16-31)45-47-35-13-3-25(37(23-35)59-58-57-53)1-2-26-4-14-36(24-38(26)60(54,55)56)48-46-34-21-17-32(18-22-34)44-42-30-11-7-28(8-12-30)40(51)52/h1-24,53H,(H,49,50)(H,51,52)(H,54,55,56). The maximum atomic E-state index is 12.4. The number of aromatic carboxylic acids is 2. The molecule has 6 aromatic rings. The van der Waals surface area contributed by atoms with Gasteiger partial charge in [-0.25, -0.2) is 14.8 Å². The fourth-order valence-corrected chi connectivity index (χ4v) is 6.16. The van der Waals surface area contributed by atoms with Crippen molar-refractivity contribution in [3.63, 3.8) is 0 Å². The molecule has 4 N–H and O–H groups in total. The average Bonchev–Trinajstić information content (AvgIpc) is 3.25. The summed E-state index contributed by atoms with van der Waals surface area (Å²) in [6.07, 6.45) is 3.00. The number of rotatable bonds is 16. The van der Waals surface area contributed by atoms with E-state index in [2.05, 4.69) is 50.3 Å². The molecule has 0 aliphatic carbocycles. The van der Waals surface area contributed by atoms with Crippen LogP contribution in [0.1, 0.15) is 31.8 Å². The Balaban J connectivity index is 1.12. The van der Waals surface area contributed by atoms with Crippen LogP contribution in [-0.2, 0) is 19.5 Å². The van der Waals surface area contributed by atoms with Gasteiger partial charge in [-0.1, -0.05) is 29.3 Å². The minimum absolute atomic E-state index is 0.127. The zero-order chi connectivity index (χ0) is 42.5. The molecular weight excluding hydrogens is 817 g/mol. The molecule has 20 heteroatoms. The summed E-state index contributed by atoms with van der Waals surface area (Å²) in [5.74, 6) is -2.08. The second kappa shape index (κ2) is 19.8. The third kappa shape index (κ3) is 12.0. The van der Waals surface area contributed by atoms with Crippen molar-refractivity contribution in [3.8, 4) is 0 Å². The van der Waals surface area contributed by atoms with Crippen molar-refractivity contribution >= 4 is 91.8 Å². The normalized spacial score (nSPS) is 12.1. The Hall–Kier alpha value is -7.46. The van der Waals surface area contributed by atoms with E-state index in [1.54, 1.807) is 84.9 Å². The highest BCUT2D eigenvalue weighted by Crippen LogP contribution is 2.33. The number of nitrogens with zero attached hydrogens (tertiary/aromatic N) is 8. The molecule has 0 saturated heterocycles. The molecule has 300 valence electrons. The molecule has 0 saturated carbocycles. The molecule has 6 rings (SSSR count). The van der Waals surface area contributed by atoms with E-state index < -0.39 is 27.0 Å². The summed E-state index contributed by atoms with van der Waals surface area (Å²) in [5, 5.41) is 63.8. The van der Waals surface area contributed by atoms with E-state index in [1.807, 2.05) is 0 Å². The summed E-state index contributed by atoms with van der Waals surface area (Å²) in [5.41, 5.74) is 4.29. The summed E-state index contributed by atoms with van der Waals surface area (Å²) in [4.78, 5) is 22.0. The minimum atomic E-state index is -4.72.